The van der Waals surface area contributed by atoms with Gasteiger partial charge in [0, 0.05) is 6.16 Å². The van der Waals surface area contributed by atoms with Crippen molar-refractivity contribution in [1.29, 1.82) is 0 Å². The van der Waals surface area contributed by atoms with Crippen LogP contribution in [0.1, 0.15) is 19.0 Å². The van der Waals surface area contributed by atoms with Crippen molar-refractivity contribution in [3.8, 4) is 0 Å². The summed E-state index contributed by atoms with van der Waals surface area (Å²) in [6, 6.07) is 0. The second kappa shape index (κ2) is 9.38. The fourth-order valence-electron chi connectivity index (χ4n) is 2.98. The summed E-state index contributed by atoms with van der Waals surface area (Å²) in [5, 5.41) is 20.7. The molecule has 0 bridgehead atoms. The molecule has 33 heavy (non-hydrogen) atoms. The maximum atomic E-state index is 12.6. The molecule has 17 nitrogen and oxygen atoms in total. The average molecular weight is 534 g/mol. The third-order valence-electron chi connectivity index (χ3n) is 4.42. The summed E-state index contributed by atoms with van der Waals surface area (Å²) >= 11 is 0. The van der Waals surface area contributed by atoms with E-state index in [0.29, 0.717) is 0 Å². The van der Waals surface area contributed by atoms with Gasteiger partial charge in [0.1, 0.15) is 24.1 Å². The molecule has 0 amide bonds. The number of nitrogens with zero attached hydrogens (tertiary/aromatic N) is 3. The lowest BCUT2D eigenvalue weighted by Crippen LogP contribution is -2.33. The monoisotopic (exact) mass is 534 g/mol. The van der Waals surface area contributed by atoms with Crippen LogP contribution in [-0.4, -0.2) is 75.5 Å². The number of aromatic amines is 1. The molecule has 0 aliphatic carbocycles. The number of ether oxygens (including phenoxy) is 1. The summed E-state index contributed by atoms with van der Waals surface area (Å²) < 4.78 is 54.8. The summed E-state index contributed by atoms with van der Waals surface area (Å²) in [4.78, 5) is 49.2. The highest BCUT2D eigenvalue weighted by atomic mass is 31.3. The van der Waals surface area contributed by atoms with Gasteiger partial charge in [-0.1, -0.05) is 6.92 Å². The zero-order valence-corrected chi connectivity index (χ0v) is 19.7. The van der Waals surface area contributed by atoms with E-state index in [9.17, 15) is 33.6 Å². The summed E-state index contributed by atoms with van der Waals surface area (Å²) in [7, 11) is -15.4. The lowest BCUT2D eigenvalue weighted by atomic mass is 10.1. The van der Waals surface area contributed by atoms with E-state index in [1.54, 1.807) is 0 Å². The minimum absolute atomic E-state index is 0.0433. The molecule has 0 saturated carbocycles. The number of phosphoric acid groups is 2. The number of rotatable bonds is 9. The van der Waals surface area contributed by atoms with Gasteiger partial charge in [0.2, 0.25) is 0 Å². The minimum Gasteiger partial charge on any atom is -0.387 e. The molecule has 6 atom stereocenters. The number of H-pyrrole nitrogens is 1. The van der Waals surface area contributed by atoms with Crippen LogP contribution in [0.4, 0.5) is 0 Å². The quantitative estimate of drug-likeness (QED) is 0.222. The summed E-state index contributed by atoms with van der Waals surface area (Å²) in [5.74, 6) is 0.258. The zero-order valence-electron chi connectivity index (χ0n) is 17.0. The summed E-state index contributed by atoms with van der Waals surface area (Å²) in [5.41, 5.74) is -0.512. The number of hydrogen-bond donors (Lipinski definition) is 6. The van der Waals surface area contributed by atoms with Crippen LogP contribution < -0.4 is 5.56 Å². The molecule has 6 N–H and O–H groups in total. The van der Waals surface area contributed by atoms with Gasteiger partial charge in [-0.25, -0.2) is 23.4 Å². The van der Waals surface area contributed by atoms with Crippen LogP contribution >= 0.6 is 23.2 Å². The van der Waals surface area contributed by atoms with Gasteiger partial charge in [-0.15, -0.1) is 0 Å². The predicted molar refractivity (Wildman–Crippen MR) is 107 cm³/mol. The van der Waals surface area contributed by atoms with Crippen LogP contribution in [0.2, 0.25) is 0 Å². The van der Waals surface area contributed by atoms with Crippen LogP contribution in [0.15, 0.2) is 11.1 Å². The first-order valence-electron chi connectivity index (χ1n) is 9.14. The second-order valence-corrected chi connectivity index (χ2v) is 12.2. The number of aliphatic hydroxyl groups excluding tert-OH is 2. The maximum absolute atomic E-state index is 12.6. The van der Waals surface area contributed by atoms with Crippen LogP contribution in [-0.2, 0) is 31.6 Å². The molecule has 2 aromatic heterocycles. The van der Waals surface area contributed by atoms with Gasteiger partial charge in [-0.05, 0) is 6.92 Å². The van der Waals surface area contributed by atoms with Crippen LogP contribution in [0.5, 0.6) is 0 Å². The third kappa shape index (κ3) is 6.03. The Morgan fingerprint density at radius 1 is 1.18 bits per heavy atom. The number of aliphatic hydroxyl groups is 2. The molecule has 3 rings (SSSR count). The first-order chi connectivity index (χ1) is 15.1. The predicted octanol–water partition coefficient (Wildman–Crippen LogP) is -0.497. The molecule has 1 aliphatic heterocycles. The SMILES string of the molecule is CCP(=O)(OC[C@H]1O[C@@H](n2cnc3c(=O)[nH]c(C)nc32)C(O)[C@H]1O)OP(=O)(O)OP(=O)(O)O. The highest BCUT2D eigenvalue weighted by Gasteiger charge is 2.46. The lowest BCUT2D eigenvalue weighted by Gasteiger charge is -2.22. The first-order valence-corrected chi connectivity index (χ1v) is 13.9. The van der Waals surface area contributed by atoms with Crippen LogP contribution in [0, 0.1) is 6.92 Å². The molecule has 3 heterocycles. The Labute approximate surface area is 184 Å². The Bertz CT molecular complexity index is 1220. The number of nitrogens with one attached hydrogen (secondary N) is 1. The van der Waals surface area contributed by atoms with Crippen molar-refractivity contribution < 1.29 is 56.5 Å². The number of hydrogen-bond acceptors (Lipinski definition) is 12. The molecule has 0 radical (unpaired) electrons. The molecule has 2 aromatic rings. The summed E-state index contributed by atoms with van der Waals surface area (Å²) in [6.45, 7) is 2.02. The van der Waals surface area contributed by atoms with Gasteiger partial charge < -0.3 is 39.1 Å². The molecule has 3 unspecified atom stereocenters. The van der Waals surface area contributed by atoms with E-state index in [4.69, 9.17) is 19.0 Å². The molecule has 0 aromatic carbocycles. The Kier molecular flexibility index (Phi) is 7.47. The standard InChI is InChI=1S/C13H21N4O13P3/c1-3-31(21,29-33(25,26)30-32(22,23)24)27-4-7-9(18)10(19)13(28-7)17-5-14-8-11(17)15-6(2)16-12(8)20/h5,7,9-10,13,18-19H,3-4H2,1-2H3,(H,25,26)(H,15,16,20)(H2,22,23,24)/t7-,9+,10?,13-,31?/m1/s1. The van der Waals surface area contributed by atoms with E-state index in [0.717, 1.165) is 6.33 Å². The van der Waals surface area contributed by atoms with Gasteiger partial charge in [-0.2, -0.15) is 4.31 Å². The van der Waals surface area contributed by atoms with Crippen molar-refractivity contribution in [2.24, 2.45) is 0 Å². The highest BCUT2D eigenvalue weighted by molar-refractivity contribution is 7.68. The van der Waals surface area contributed by atoms with Gasteiger partial charge in [0.15, 0.2) is 17.4 Å². The van der Waals surface area contributed by atoms with Gasteiger partial charge in [-0.3, -0.25) is 13.9 Å². The molecule has 1 fully saturated rings. The van der Waals surface area contributed by atoms with E-state index in [2.05, 4.69) is 23.6 Å². The fourth-order valence-corrected chi connectivity index (χ4v) is 6.91. The third-order valence-corrected chi connectivity index (χ3v) is 9.24. The van der Waals surface area contributed by atoms with Gasteiger partial charge >= 0.3 is 23.2 Å². The fraction of sp³-hybridized carbons (Fsp3) is 0.615. The van der Waals surface area contributed by atoms with E-state index < -0.39 is 66.1 Å². The molecular formula is C13H21N4O13P3. The van der Waals surface area contributed by atoms with E-state index in [-0.39, 0.29) is 17.0 Å². The smallest absolute Gasteiger partial charge is 0.387 e. The lowest BCUT2D eigenvalue weighted by molar-refractivity contribution is -0.0484. The van der Waals surface area contributed by atoms with Crippen molar-refractivity contribution in [2.75, 3.05) is 12.8 Å². The first kappa shape index (κ1) is 26.3. The molecular weight excluding hydrogens is 513 g/mol. The topological polar surface area (TPSA) is 253 Å². The normalized spacial score (nSPS) is 27.5. The Morgan fingerprint density at radius 2 is 1.85 bits per heavy atom. The maximum Gasteiger partial charge on any atom is 0.488 e. The van der Waals surface area contributed by atoms with Crippen molar-refractivity contribution in [1.82, 2.24) is 19.5 Å². The molecule has 1 aliphatic rings. The largest absolute Gasteiger partial charge is 0.488 e. The van der Waals surface area contributed by atoms with E-state index >= 15 is 0 Å². The molecule has 20 heteroatoms. The minimum atomic E-state index is -5.49. The zero-order chi connectivity index (χ0) is 24.8. The average Bonchev–Trinajstić information content (AvgIpc) is 3.20. The number of aromatic nitrogens is 4. The number of aryl methyl sites for hydroxylation is 1. The summed E-state index contributed by atoms with van der Waals surface area (Å²) in [6.07, 6.45) is -5.15. The van der Waals surface area contributed by atoms with E-state index in [1.807, 2.05) is 0 Å². The van der Waals surface area contributed by atoms with Crippen molar-refractivity contribution in [2.45, 2.75) is 38.4 Å². The number of imidazole rings is 1. The molecule has 0 spiro atoms. The van der Waals surface area contributed by atoms with Crippen molar-refractivity contribution in [3.05, 3.63) is 22.5 Å². The second-order valence-electron chi connectivity index (χ2n) is 6.87. The molecule has 186 valence electrons. The van der Waals surface area contributed by atoms with Crippen molar-refractivity contribution >= 4 is 34.4 Å². The van der Waals surface area contributed by atoms with Gasteiger partial charge in [0.25, 0.3) is 5.56 Å². The van der Waals surface area contributed by atoms with Crippen LogP contribution in [0.3, 0.4) is 0 Å². The van der Waals surface area contributed by atoms with Crippen molar-refractivity contribution in [3.63, 3.8) is 0 Å². The number of fused-ring (bicyclic) bond motifs is 1. The molecule has 1 saturated heterocycles. The van der Waals surface area contributed by atoms with E-state index in [1.165, 1.54) is 18.4 Å². The Balaban J connectivity index is 1.75. The van der Waals surface area contributed by atoms with Gasteiger partial charge in [0.05, 0.1) is 12.9 Å². The highest BCUT2D eigenvalue weighted by Crippen LogP contribution is 2.67. The Morgan fingerprint density at radius 3 is 2.45 bits per heavy atom. The Hall–Kier alpha value is -1.32. The van der Waals surface area contributed by atoms with Crippen LogP contribution in [0.25, 0.3) is 11.2 Å².